The average molecular weight is 259 g/mol. The summed E-state index contributed by atoms with van der Waals surface area (Å²) in [7, 11) is 0. The molecule has 0 aromatic carbocycles. The van der Waals surface area contributed by atoms with Crippen molar-refractivity contribution in [2.24, 2.45) is 0 Å². The van der Waals surface area contributed by atoms with Crippen LogP contribution in [0.2, 0.25) is 0 Å². The highest BCUT2D eigenvalue weighted by atomic mass is 16.5. The highest BCUT2D eigenvalue weighted by molar-refractivity contribution is 5.74. The van der Waals surface area contributed by atoms with E-state index in [1.54, 1.807) is 0 Å². The highest BCUT2D eigenvalue weighted by Crippen LogP contribution is 2.28. The zero-order valence-corrected chi connectivity index (χ0v) is 11.9. The maximum atomic E-state index is 5.83. The standard InChI is InChI=1S/C15H21N3O/c1-15(2,3)11-8-13-12(16-9-11)10-17-18(13)14-6-4-5-7-19-14/h8-10,14H,4-7H2,1-3H3. The van der Waals surface area contributed by atoms with E-state index in [2.05, 4.69) is 36.9 Å². The molecule has 1 saturated heterocycles. The van der Waals surface area contributed by atoms with Crippen LogP contribution in [0.15, 0.2) is 18.5 Å². The van der Waals surface area contributed by atoms with E-state index in [0.29, 0.717) is 0 Å². The summed E-state index contributed by atoms with van der Waals surface area (Å²) >= 11 is 0. The molecule has 0 radical (unpaired) electrons. The lowest BCUT2D eigenvalue weighted by molar-refractivity contribution is -0.0366. The van der Waals surface area contributed by atoms with Gasteiger partial charge in [-0.15, -0.1) is 0 Å². The lowest BCUT2D eigenvalue weighted by Crippen LogP contribution is -2.19. The Bertz CT molecular complexity index is 577. The van der Waals surface area contributed by atoms with E-state index in [0.717, 1.165) is 30.5 Å². The number of fused-ring (bicyclic) bond motifs is 1. The Morgan fingerprint density at radius 1 is 1.26 bits per heavy atom. The van der Waals surface area contributed by atoms with Crippen molar-refractivity contribution >= 4 is 11.0 Å². The van der Waals surface area contributed by atoms with Gasteiger partial charge in [-0.3, -0.25) is 4.98 Å². The van der Waals surface area contributed by atoms with Gasteiger partial charge in [-0.1, -0.05) is 20.8 Å². The Morgan fingerprint density at radius 2 is 2.11 bits per heavy atom. The Hall–Kier alpha value is -1.42. The maximum Gasteiger partial charge on any atom is 0.150 e. The lowest BCUT2D eigenvalue weighted by Gasteiger charge is -2.24. The Labute approximate surface area is 113 Å². The van der Waals surface area contributed by atoms with Gasteiger partial charge in [0.1, 0.15) is 5.52 Å². The fourth-order valence-corrected chi connectivity index (χ4v) is 2.48. The van der Waals surface area contributed by atoms with Gasteiger partial charge in [0.25, 0.3) is 0 Å². The first-order chi connectivity index (χ1) is 9.05. The van der Waals surface area contributed by atoms with Crippen LogP contribution >= 0.6 is 0 Å². The Kier molecular flexibility index (Phi) is 3.05. The molecule has 4 nitrogen and oxygen atoms in total. The molecule has 0 spiro atoms. The fourth-order valence-electron chi connectivity index (χ4n) is 2.48. The topological polar surface area (TPSA) is 39.9 Å². The molecule has 4 heteroatoms. The van der Waals surface area contributed by atoms with Crippen molar-refractivity contribution in [1.82, 2.24) is 14.8 Å². The van der Waals surface area contributed by atoms with Crippen molar-refractivity contribution < 1.29 is 4.74 Å². The molecule has 19 heavy (non-hydrogen) atoms. The zero-order valence-electron chi connectivity index (χ0n) is 11.9. The van der Waals surface area contributed by atoms with Gasteiger partial charge in [-0.25, -0.2) is 4.68 Å². The van der Waals surface area contributed by atoms with E-state index in [1.807, 2.05) is 17.1 Å². The number of aromatic nitrogens is 3. The Balaban J connectivity index is 2.05. The van der Waals surface area contributed by atoms with Crippen LogP contribution in [-0.4, -0.2) is 21.4 Å². The van der Waals surface area contributed by atoms with E-state index in [9.17, 15) is 0 Å². The van der Waals surface area contributed by atoms with Gasteiger partial charge in [-0.05, 0) is 36.3 Å². The summed E-state index contributed by atoms with van der Waals surface area (Å²) in [5.74, 6) is 0. The van der Waals surface area contributed by atoms with E-state index in [1.165, 1.54) is 12.0 Å². The molecule has 1 atom stereocenters. The largest absolute Gasteiger partial charge is 0.356 e. The number of hydrogen-bond acceptors (Lipinski definition) is 3. The average Bonchev–Trinajstić information content (AvgIpc) is 2.81. The monoisotopic (exact) mass is 259 g/mol. The lowest BCUT2D eigenvalue weighted by atomic mass is 9.88. The first-order valence-electron chi connectivity index (χ1n) is 7.01. The van der Waals surface area contributed by atoms with E-state index in [-0.39, 0.29) is 11.6 Å². The first-order valence-corrected chi connectivity index (χ1v) is 7.01. The number of nitrogens with zero attached hydrogens (tertiary/aromatic N) is 3. The van der Waals surface area contributed by atoms with Gasteiger partial charge in [-0.2, -0.15) is 5.10 Å². The summed E-state index contributed by atoms with van der Waals surface area (Å²) in [6.07, 6.45) is 7.26. The van der Waals surface area contributed by atoms with Crippen LogP contribution in [0, 0.1) is 0 Å². The number of rotatable bonds is 1. The number of hydrogen-bond donors (Lipinski definition) is 0. The number of pyridine rings is 1. The van der Waals surface area contributed by atoms with Crippen molar-refractivity contribution in [3.63, 3.8) is 0 Å². The first kappa shape index (κ1) is 12.6. The predicted octanol–water partition coefficient (Wildman–Crippen LogP) is 3.43. The van der Waals surface area contributed by atoms with E-state index < -0.39 is 0 Å². The van der Waals surface area contributed by atoms with Gasteiger partial charge in [0.15, 0.2) is 6.23 Å². The quantitative estimate of drug-likeness (QED) is 0.787. The van der Waals surface area contributed by atoms with Gasteiger partial charge in [0.05, 0.1) is 11.7 Å². The highest BCUT2D eigenvalue weighted by Gasteiger charge is 2.21. The summed E-state index contributed by atoms with van der Waals surface area (Å²) in [4.78, 5) is 4.52. The summed E-state index contributed by atoms with van der Waals surface area (Å²) in [6.45, 7) is 7.44. The zero-order chi connectivity index (χ0) is 13.5. The smallest absolute Gasteiger partial charge is 0.150 e. The molecule has 102 valence electrons. The molecular formula is C15H21N3O. The van der Waals surface area contributed by atoms with E-state index in [4.69, 9.17) is 4.74 Å². The second kappa shape index (κ2) is 4.60. The Morgan fingerprint density at radius 3 is 2.79 bits per heavy atom. The van der Waals surface area contributed by atoms with Crippen molar-refractivity contribution in [2.45, 2.75) is 51.7 Å². The van der Waals surface area contributed by atoms with Crippen molar-refractivity contribution in [3.8, 4) is 0 Å². The molecule has 0 amide bonds. The second-order valence-corrected chi connectivity index (χ2v) is 6.29. The minimum absolute atomic E-state index is 0.0725. The maximum absolute atomic E-state index is 5.83. The molecule has 2 aromatic rings. The minimum atomic E-state index is 0.0725. The molecular weight excluding hydrogens is 238 g/mol. The summed E-state index contributed by atoms with van der Waals surface area (Å²) in [5.41, 5.74) is 3.36. The minimum Gasteiger partial charge on any atom is -0.356 e. The molecule has 1 aliphatic heterocycles. The van der Waals surface area contributed by atoms with Crippen LogP contribution in [0.5, 0.6) is 0 Å². The summed E-state index contributed by atoms with van der Waals surface area (Å²) in [6, 6.07) is 2.20. The van der Waals surface area contributed by atoms with E-state index >= 15 is 0 Å². The normalized spacial score (nSPS) is 20.9. The van der Waals surface area contributed by atoms with Crippen LogP contribution in [0.3, 0.4) is 0 Å². The summed E-state index contributed by atoms with van der Waals surface area (Å²) in [5, 5.41) is 4.47. The fraction of sp³-hybridized carbons (Fsp3) is 0.600. The van der Waals surface area contributed by atoms with Crippen LogP contribution < -0.4 is 0 Å². The molecule has 0 bridgehead atoms. The van der Waals surface area contributed by atoms with Crippen LogP contribution in [0.25, 0.3) is 11.0 Å². The third-order valence-electron chi connectivity index (χ3n) is 3.74. The molecule has 1 unspecified atom stereocenters. The van der Waals surface area contributed by atoms with Crippen molar-refractivity contribution in [2.75, 3.05) is 6.61 Å². The van der Waals surface area contributed by atoms with Gasteiger partial charge in [0, 0.05) is 12.8 Å². The van der Waals surface area contributed by atoms with Gasteiger partial charge in [0.2, 0.25) is 0 Å². The SMILES string of the molecule is CC(C)(C)c1cnc2cnn(C3CCCCO3)c2c1. The van der Waals surface area contributed by atoms with Crippen molar-refractivity contribution in [3.05, 3.63) is 24.0 Å². The van der Waals surface area contributed by atoms with Crippen LogP contribution in [-0.2, 0) is 10.2 Å². The molecule has 3 rings (SSSR count). The third-order valence-corrected chi connectivity index (χ3v) is 3.74. The molecule has 0 N–H and O–H groups in total. The molecule has 1 aliphatic rings. The molecule has 0 saturated carbocycles. The van der Waals surface area contributed by atoms with Gasteiger partial charge < -0.3 is 4.74 Å². The molecule has 3 heterocycles. The number of ether oxygens (including phenoxy) is 1. The van der Waals surface area contributed by atoms with Gasteiger partial charge >= 0.3 is 0 Å². The predicted molar refractivity (Wildman–Crippen MR) is 75.1 cm³/mol. The molecule has 1 fully saturated rings. The van der Waals surface area contributed by atoms with Crippen molar-refractivity contribution in [1.29, 1.82) is 0 Å². The molecule has 2 aromatic heterocycles. The summed E-state index contributed by atoms with van der Waals surface area (Å²) < 4.78 is 7.83. The van der Waals surface area contributed by atoms with Crippen LogP contribution in [0.1, 0.15) is 51.8 Å². The third kappa shape index (κ3) is 2.37. The molecule has 0 aliphatic carbocycles. The second-order valence-electron chi connectivity index (χ2n) is 6.29. The van der Waals surface area contributed by atoms with Crippen LogP contribution in [0.4, 0.5) is 0 Å².